The van der Waals surface area contributed by atoms with Crippen molar-refractivity contribution in [2.24, 2.45) is 5.92 Å². The monoisotopic (exact) mass is 235 g/mol. The van der Waals surface area contributed by atoms with E-state index in [-0.39, 0.29) is 6.10 Å². The van der Waals surface area contributed by atoms with Crippen LogP contribution in [0.3, 0.4) is 0 Å². The van der Waals surface area contributed by atoms with Gasteiger partial charge in [0.25, 0.3) is 0 Å². The Hall–Kier alpha value is -1.09. The first kappa shape index (κ1) is 12.4. The lowest BCUT2D eigenvalue weighted by Crippen LogP contribution is -2.16. The number of nitrogens with zero attached hydrogens (tertiary/aromatic N) is 1. The maximum Gasteiger partial charge on any atom is 0.137 e. The molecule has 1 saturated carbocycles. The molecule has 0 aromatic carbocycles. The van der Waals surface area contributed by atoms with E-state index >= 15 is 0 Å². The zero-order valence-corrected chi connectivity index (χ0v) is 10.4. The number of hydrogen-bond donors (Lipinski definition) is 1. The summed E-state index contributed by atoms with van der Waals surface area (Å²) in [6.45, 7) is 2.58. The minimum absolute atomic E-state index is 0.386. The molecule has 94 valence electrons. The van der Waals surface area contributed by atoms with Crippen molar-refractivity contribution in [1.82, 2.24) is 4.98 Å². The third kappa shape index (κ3) is 3.19. The second-order valence-corrected chi connectivity index (χ2v) is 4.73. The van der Waals surface area contributed by atoms with Gasteiger partial charge < -0.3 is 9.84 Å². The third-order valence-electron chi connectivity index (χ3n) is 3.48. The summed E-state index contributed by atoms with van der Waals surface area (Å²) in [5.74, 6) is 1.14. The van der Waals surface area contributed by atoms with Crippen LogP contribution in [-0.4, -0.2) is 16.7 Å². The van der Waals surface area contributed by atoms with E-state index in [0.717, 1.165) is 24.2 Å². The number of aliphatic hydroxyl groups is 1. The molecular weight excluding hydrogens is 214 g/mol. The fourth-order valence-electron chi connectivity index (χ4n) is 2.57. The van der Waals surface area contributed by atoms with Crippen LogP contribution in [0.2, 0.25) is 0 Å². The predicted octanol–water partition coefficient (Wildman–Crippen LogP) is 3.09. The molecule has 1 atom stereocenters. The van der Waals surface area contributed by atoms with Crippen molar-refractivity contribution in [2.75, 3.05) is 6.61 Å². The van der Waals surface area contributed by atoms with E-state index in [2.05, 4.69) is 4.98 Å². The van der Waals surface area contributed by atoms with E-state index in [1.165, 1.54) is 19.3 Å². The second kappa shape index (κ2) is 6.01. The van der Waals surface area contributed by atoms with E-state index in [9.17, 15) is 5.11 Å². The van der Waals surface area contributed by atoms with E-state index in [1.807, 2.05) is 13.0 Å². The number of ether oxygens (including phenoxy) is 1. The van der Waals surface area contributed by atoms with Crippen molar-refractivity contribution in [3.8, 4) is 5.75 Å². The molecular formula is C14H21NO2. The number of aliphatic hydroxyl groups excluding tert-OH is 1. The maximum atomic E-state index is 10.3. The second-order valence-electron chi connectivity index (χ2n) is 4.73. The zero-order chi connectivity index (χ0) is 12.1. The molecule has 1 unspecified atom stereocenters. The molecule has 3 heteroatoms. The lowest BCUT2D eigenvalue weighted by molar-refractivity contribution is 0.0842. The SMILES string of the molecule is CCOc1cncc(C(O)C2CCCCC2)c1. The van der Waals surface area contributed by atoms with Gasteiger partial charge in [-0.1, -0.05) is 19.3 Å². The molecule has 0 aliphatic heterocycles. The average molecular weight is 235 g/mol. The molecule has 3 nitrogen and oxygen atoms in total. The van der Waals surface area contributed by atoms with Crippen LogP contribution in [0.4, 0.5) is 0 Å². The molecule has 0 saturated heterocycles. The first-order valence-corrected chi connectivity index (χ1v) is 6.57. The van der Waals surface area contributed by atoms with Gasteiger partial charge in [-0.2, -0.15) is 0 Å². The molecule has 1 N–H and O–H groups in total. The average Bonchev–Trinajstić information content (AvgIpc) is 2.40. The smallest absolute Gasteiger partial charge is 0.137 e. The van der Waals surface area contributed by atoms with E-state index < -0.39 is 0 Å². The van der Waals surface area contributed by atoms with Crippen molar-refractivity contribution < 1.29 is 9.84 Å². The predicted molar refractivity (Wildman–Crippen MR) is 66.9 cm³/mol. The van der Waals surface area contributed by atoms with Crippen LogP contribution in [0.5, 0.6) is 5.75 Å². The minimum Gasteiger partial charge on any atom is -0.492 e. The lowest BCUT2D eigenvalue weighted by atomic mass is 9.83. The molecule has 1 heterocycles. The third-order valence-corrected chi connectivity index (χ3v) is 3.48. The Bertz CT molecular complexity index is 348. The number of hydrogen-bond acceptors (Lipinski definition) is 3. The van der Waals surface area contributed by atoms with Crippen LogP contribution in [0, 0.1) is 5.92 Å². The van der Waals surface area contributed by atoms with Crippen molar-refractivity contribution in [3.05, 3.63) is 24.0 Å². The number of pyridine rings is 1. The molecule has 17 heavy (non-hydrogen) atoms. The summed E-state index contributed by atoms with van der Waals surface area (Å²) in [5.41, 5.74) is 0.892. The highest BCUT2D eigenvalue weighted by Gasteiger charge is 2.23. The van der Waals surface area contributed by atoms with Gasteiger partial charge >= 0.3 is 0 Å². The summed E-state index contributed by atoms with van der Waals surface area (Å²) in [7, 11) is 0. The first-order valence-electron chi connectivity index (χ1n) is 6.57. The Kier molecular flexibility index (Phi) is 4.37. The molecule has 0 amide bonds. The number of rotatable bonds is 4. The maximum absolute atomic E-state index is 10.3. The van der Waals surface area contributed by atoms with Gasteiger partial charge in [0.1, 0.15) is 5.75 Å². The van der Waals surface area contributed by atoms with E-state index in [1.54, 1.807) is 12.4 Å². The minimum atomic E-state index is -0.386. The lowest BCUT2D eigenvalue weighted by Gasteiger charge is -2.26. The van der Waals surface area contributed by atoms with Gasteiger partial charge in [0.05, 0.1) is 18.9 Å². The van der Waals surface area contributed by atoms with E-state index in [0.29, 0.717) is 12.5 Å². The van der Waals surface area contributed by atoms with Gasteiger partial charge in [0.15, 0.2) is 0 Å². The number of aromatic nitrogens is 1. The van der Waals surface area contributed by atoms with Gasteiger partial charge in [-0.05, 0) is 31.7 Å². The molecule has 1 aliphatic carbocycles. The van der Waals surface area contributed by atoms with Crippen molar-refractivity contribution in [1.29, 1.82) is 0 Å². The molecule has 1 aromatic heterocycles. The van der Waals surface area contributed by atoms with Crippen LogP contribution in [-0.2, 0) is 0 Å². The summed E-state index contributed by atoms with van der Waals surface area (Å²) >= 11 is 0. The molecule has 1 aliphatic rings. The first-order chi connectivity index (χ1) is 8.31. The fourth-order valence-corrected chi connectivity index (χ4v) is 2.57. The van der Waals surface area contributed by atoms with E-state index in [4.69, 9.17) is 4.74 Å². The van der Waals surface area contributed by atoms with Gasteiger partial charge in [-0.3, -0.25) is 4.98 Å². The molecule has 2 rings (SSSR count). The Morgan fingerprint density at radius 1 is 1.35 bits per heavy atom. The largest absolute Gasteiger partial charge is 0.492 e. The molecule has 1 aromatic rings. The van der Waals surface area contributed by atoms with Crippen molar-refractivity contribution in [2.45, 2.75) is 45.1 Å². The van der Waals surface area contributed by atoms with Gasteiger partial charge in [-0.15, -0.1) is 0 Å². The molecule has 0 radical (unpaired) electrons. The van der Waals surface area contributed by atoms with Gasteiger partial charge in [0.2, 0.25) is 0 Å². The Balaban J connectivity index is 2.06. The van der Waals surface area contributed by atoms with Gasteiger partial charge in [-0.25, -0.2) is 0 Å². The normalized spacial score (nSPS) is 18.9. The summed E-state index contributed by atoms with van der Waals surface area (Å²) in [6.07, 6.45) is 9.09. The van der Waals surface area contributed by atoms with Crippen LogP contribution < -0.4 is 4.74 Å². The van der Waals surface area contributed by atoms with Crippen LogP contribution >= 0.6 is 0 Å². The fraction of sp³-hybridized carbons (Fsp3) is 0.643. The van der Waals surface area contributed by atoms with Gasteiger partial charge in [0, 0.05) is 11.8 Å². The van der Waals surface area contributed by atoms with Crippen LogP contribution in [0.15, 0.2) is 18.5 Å². The Labute approximate surface area is 103 Å². The van der Waals surface area contributed by atoms with Crippen LogP contribution in [0.1, 0.15) is 50.7 Å². The summed E-state index contributed by atoms with van der Waals surface area (Å²) in [5, 5.41) is 10.3. The van der Waals surface area contributed by atoms with Crippen molar-refractivity contribution in [3.63, 3.8) is 0 Å². The zero-order valence-electron chi connectivity index (χ0n) is 10.4. The highest BCUT2D eigenvalue weighted by atomic mass is 16.5. The molecule has 1 fully saturated rings. The Morgan fingerprint density at radius 2 is 2.12 bits per heavy atom. The highest BCUT2D eigenvalue weighted by Crippen LogP contribution is 2.34. The summed E-state index contributed by atoms with van der Waals surface area (Å²) in [6, 6.07) is 1.91. The molecule has 0 spiro atoms. The topological polar surface area (TPSA) is 42.4 Å². The molecule has 0 bridgehead atoms. The van der Waals surface area contributed by atoms with Crippen LogP contribution in [0.25, 0.3) is 0 Å². The Morgan fingerprint density at radius 3 is 2.82 bits per heavy atom. The standard InChI is InChI=1S/C14H21NO2/c1-2-17-13-8-12(9-15-10-13)14(16)11-6-4-3-5-7-11/h8-11,14,16H,2-7H2,1H3. The quantitative estimate of drug-likeness (QED) is 0.872. The summed E-state index contributed by atoms with van der Waals surface area (Å²) in [4.78, 5) is 4.13. The highest BCUT2D eigenvalue weighted by molar-refractivity contribution is 5.25. The van der Waals surface area contributed by atoms with Crippen molar-refractivity contribution >= 4 is 0 Å². The summed E-state index contributed by atoms with van der Waals surface area (Å²) < 4.78 is 5.41.